The van der Waals surface area contributed by atoms with Crippen molar-refractivity contribution in [2.45, 2.75) is 12.1 Å². The number of amides is 2. The molecule has 0 saturated heterocycles. The summed E-state index contributed by atoms with van der Waals surface area (Å²) in [6.07, 6.45) is 0. The Balaban J connectivity index is 1.82. The molecule has 0 saturated carbocycles. The number of aromatic nitrogens is 2. The van der Waals surface area contributed by atoms with Crippen molar-refractivity contribution in [2.24, 2.45) is 0 Å². The van der Waals surface area contributed by atoms with Crippen molar-refractivity contribution in [2.75, 3.05) is 37.8 Å². The highest BCUT2D eigenvalue weighted by Crippen LogP contribution is 2.18. The Bertz CT molecular complexity index is 971. The lowest BCUT2D eigenvalue weighted by Crippen LogP contribution is -2.28. The van der Waals surface area contributed by atoms with E-state index in [1.54, 1.807) is 36.4 Å². The highest BCUT2D eigenvalue weighted by molar-refractivity contribution is 8.76. The molecule has 2 atom stereocenters. The van der Waals surface area contributed by atoms with Gasteiger partial charge in [-0.25, -0.2) is 19.4 Å². The Morgan fingerprint density at radius 3 is 1.58 bits per heavy atom. The van der Waals surface area contributed by atoms with Gasteiger partial charge in [-0.1, -0.05) is 58.2 Å². The van der Waals surface area contributed by atoms with Gasteiger partial charge in [-0.2, -0.15) is 0 Å². The highest BCUT2D eigenvalue weighted by Gasteiger charge is 2.12. The molecule has 0 aliphatic rings. The van der Waals surface area contributed by atoms with Crippen LogP contribution in [-0.2, 0) is 0 Å². The first-order chi connectivity index (χ1) is 18.5. The molecule has 0 aliphatic heterocycles. The Kier molecular flexibility index (Phi) is 17.0. The minimum Gasteiger partial charge on any atom is -0.394 e. The minimum absolute atomic E-state index is 0.0722. The third-order valence-electron chi connectivity index (χ3n) is 4.41. The van der Waals surface area contributed by atoms with Crippen LogP contribution in [0.15, 0.2) is 36.4 Å². The average molecular weight is 633 g/mol. The average Bonchev–Trinajstić information content (AvgIpc) is 2.96. The van der Waals surface area contributed by atoms with Gasteiger partial charge in [0.05, 0.1) is 36.7 Å². The minimum atomic E-state index is -0.313. The second kappa shape index (κ2) is 19.7. The van der Waals surface area contributed by atoms with Crippen molar-refractivity contribution in [1.82, 2.24) is 30.0 Å². The molecule has 0 bridgehead atoms. The lowest BCUT2D eigenvalue weighted by molar-refractivity contribution is 0.0943. The first-order valence-electron chi connectivity index (χ1n) is 11.2. The molecule has 2 aromatic heterocycles. The number of pyridine rings is 2. The number of thiocarbonyl (C=S) groups is 2. The fourth-order valence-electron chi connectivity index (χ4n) is 2.49. The number of carbonyl (C=O) groups excluding carboxylic acids is 2. The summed E-state index contributed by atoms with van der Waals surface area (Å²) in [4.78, 5) is 33.9. The molecule has 0 radical (unpaired) electrons. The summed E-state index contributed by atoms with van der Waals surface area (Å²) in [5, 5.41) is 26.7. The fraction of sp³-hybridized carbons (Fsp3) is 0.364. The van der Waals surface area contributed by atoms with Crippen LogP contribution in [-0.4, -0.2) is 92.6 Å². The Labute approximate surface area is 248 Å². The van der Waals surface area contributed by atoms with Gasteiger partial charge in [0.15, 0.2) is 0 Å². The van der Waals surface area contributed by atoms with E-state index in [2.05, 4.69) is 30.0 Å². The molecule has 0 aliphatic carbocycles. The number of aliphatic hydroxyl groups is 2. The second-order valence-electron chi connectivity index (χ2n) is 7.22. The SMILES string of the molecule is O=C(NCCSSN[C@@H](C=S)CO)c1cccc(-c2cccc(C(=O)NCCSSN[C@@H](C=S)CO)n2)n1. The summed E-state index contributed by atoms with van der Waals surface area (Å²) in [6.45, 7) is 0.718. The van der Waals surface area contributed by atoms with Crippen molar-refractivity contribution < 1.29 is 19.8 Å². The zero-order valence-electron chi connectivity index (χ0n) is 20.1. The first kappa shape index (κ1) is 32.9. The van der Waals surface area contributed by atoms with Crippen LogP contribution in [0.2, 0.25) is 0 Å². The van der Waals surface area contributed by atoms with Gasteiger partial charge >= 0.3 is 0 Å². The number of rotatable bonds is 19. The van der Waals surface area contributed by atoms with Crippen molar-refractivity contribution in [3.63, 3.8) is 0 Å². The predicted octanol–water partition coefficient (Wildman–Crippen LogP) is 2.10. The number of hydrogen-bond donors (Lipinski definition) is 6. The van der Waals surface area contributed by atoms with E-state index >= 15 is 0 Å². The Hall–Kier alpha value is -1.34. The molecule has 206 valence electrons. The van der Waals surface area contributed by atoms with Crippen molar-refractivity contribution >= 4 is 90.5 Å². The molecule has 0 spiro atoms. The summed E-state index contributed by atoms with van der Waals surface area (Å²) >= 11 is 9.60. The van der Waals surface area contributed by atoms with Gasteiger partial charge in [-0.05, 0) is 57.0 Å². The van der Waals surface area contributed by atoms with E-state index in [0.717, 1.165) is 0 Å². The molecule has 10 nitrogen and oxygen atoms in total. The Morgan fingerprint density at radius 2 is 1.21 bits per heavy atom. The molecule has 2 amide bonds. The highest BCUT2D eigenvalue weighted by atomic mass is 33.1. The molecular weight excluding hydrogens is 605 g/mol. The lowest BCUT2D eigenvalue weighted by Gasteiger charge is -2.10. The van der Waals surface area contributed by atoms with Gasteiger partial charge in [0.2, 0.25) is 0 Å². The normalized spacial score (nSPS) is 12.4. The van der Waals surface area contributed by atoms with Gasteiger partial charge < -0.3 is 20.8 Å². The maximum Gasteiger partial charge on any atom is 0.269 e. The number of aliphatic hydroxyl groups excluding tert-OH is 2. The van der Waals surface area contributed by atoms with E-state index in [4.69, 9.17) is 34.6 Å². The summed E-state index contributed by atoms with van der Waals surface area (Å²) in [5.41, 5.74) is 1.45. The van der Waals surface area contributed by atoms with E-state index < -0.39 is 0 Å². The number of carbonyl (C=O) groups is 2. The summed E-state index contributed by atoms with van der Waals surface area (Å²) in [6, 6.07) is 9.61. The Morgan fingerprint density at radius 1 is 0.789 bits per heavy atom. The van der Waals surface area contributed by atoms with Crippen LogP contribution in [0.25, 0.3) is 11.4 Å². The van der Waals surface area contributed by atoms with E-state index in [0.29, 0.717) is 36.0 Å². The van der Waals surface area contributed by atoms with Gasteiger partial charge in [0, 0.05) is 24.6 Å². The van der Waals surface area contributed by atoms with E-state index in [-0.39, 0.29) is 48.5 Å². The molecule has 16 heteroatoms. The smallest absolute Gasteiger partial charge is 0.269 e. The van der Waals surface area contributed by atoms with Crippen LogP contribution >= 0.6 is 68.0 Å². The quantitative estimate of drug-likeness (QED) is 0.0581. The van der Waals surface area contributed by atoms with Gasteiger partial charge in [0.25, 0.3) is 11.8 Å². The van der Waals surface area contributed by atoms with E-state index in [1.807, 2.05) is 0 Å². The number of nitrogens with zero attached hydrogens (tertiary/aromatic N) is 2. The second-order valence-corrected chi connectivity index (χ2v) is 12.3. The molecule has 2 rings (SSSR count). The zero-order valence-corrected chi connectivity index (χ0v) is 25.0. The maximum absolute atomic E-state index is 12.5. The topological polar surface area (TPSA) is 148 Å². The summed E-state index contributed by atoms with van der Waals surface area (Å²) in [5.74, 6) is 0.655. The third-order valence-corrected chi connectivity index (χ3v) is 9.12. The van der Waals surface area contributed by atoms with Crippen molar-refractivity contribution in [3.05, 3.63) is 47.8 Å². The van der Waals surface area contributed by atoms with Crippen LogP contribution in [0, 0.1) is 0 Å². The molecule has 0 aromatic carbocycles. The molecule has 0 fully saturated rings. The lowest BCUT2D eigenvalue weighted by atomic mass is 10.2. The van der Waals surface area contributed by atoms with E-state index in [1.165, 1.54) is 54.3 Å². The zero-order chi connectivity index (χ0) is 27.6. The number of nitrogens with one attached hydrogen (secondary N) is 4. The van der Waals surface area contributed by atoms with Crippen molar-refractivity contribution in [3.8, 4) is 11.4 Å². The molecular formula is C22H28N6O4S6. The van der Waals surface area contributed by atoms with Crippen LogP contribution < -0.4 is 20.1 Å². The largest absolute Gasteiger partial charge is 0.394 e. The molecule has 6 N–H and O–H groups in total. The van der Waals surface area contributed by atoms with Gasteiger partial charge in [-0.15, -0.1) is 0 Å². The van der Waals surface area contributed by atoms with Crippen LogP contribution in [0.4, 0.5) is 0 Å². The van der Waals surface area contributed by atoms with Gasteiger partial charge in [-0.3, -0.25) is 9.59 Å². The summed E-state index contributed by atoms with van der Waals surface area (Å²) < 4.78 is 5.99. The number of hydrogen-bond acceptors (Lipinski definition) is 14. The maximum atomic E-state index is 12.5. The molecule has 38 heavy (non-hydrogen) atoms. The van der Waals surface area contributed by atoms with Crippen LogP contribution in [0.1, 0.15) is 21.0 Å². The first-order valence-corrected chi connectivity index (χ1v) is 16.8. The third kappa shape index (κ3) is 12.2. The monoisotopic (exact) mass is 632 g/mol. The van der Waals surface area contributed by atoms with E-state index in [9.17, 15) is 9.59 Å². The molecule has 2 aromatic rings. The molecule has 0 unspecified atom stereocenters. The van der Waals surface area contributed by atoms with Crippen molar-refractivity contribution in [1.29, 1.82) is 0 Å². The molecule has 2 heterocycles. The predicted molar refractivity (Wildman–Crippen MR) is 168 cm³/mol. The van der Waals surface area contributed by atoms with Crippen LogP contribution in [0.5, 0.6) is 0 Å². The summed E-state index contributed by atoms with van der Waals surface area (Å²) in [7, 11) is 5.69. The fourth-order valence-corrected chi connectivity index (χ4v) is 6.33. The van der Waals surface area contributed by atoms with Crippen LogP contribution in [0.3, 0.4) is 0 Å². The standard InChI is InChI=1S/C22H28N6O4S6/c29-11-15(13-33)27-37-35-9-7-23-21(31)19-5-1-3-17(25-19)18-4-2-6-20(26-18)22(32)24-8-10-36-38-28-16(12-30)14-34/h1-6,13-16,27-30H,7-12H2,(H,23,31)(H,24,32)/t15-,16-/m1/s1. The van der Waals surface area contributed by atoms with Gasteiger partial charge in [0.1, 0.15) is 11.4 Å².